The van der Waals surface area contributed by atoms with Crippen LogP contribution >= 0.6 is 0 Å². The van der Waals surface area contributed by atoms with Crippen molar-refractivity contribution in [3.05, 3.63) is 47.5 Å². The van der Waals surface area contributed by atoms with Crippen LogP contribution in [0.5, 0.6) is 0 Å². The molecule has 2 N–H and O–H groups in total. The smallest absolute Gasteiger partial charge is 0.388 e. The number of aromatic nitrogens is 3. The molecule has 4 rings (SSSR count). The molecule has 2 aromatic heterocycles. The first kappa shape index (κ1) is 19.4. The SMILES string of the molecule is Cc1ncc(C(F)(F)F)c(-c2c[nH]c3cc(C(=O)N4CC[C@@](C)(O)C4)ccc23)n1. The predicted molar refractivity (Wildman–Crippen MR) is 100 cm³/mol. The number of carbonyl (C=O) groups is 1. The second kappa shape index (κ2) is 6.55. The molecule has 0 unspecified atom stereocenters. The summed E-state index contributed by atoms with van der Waals surface area (Å²) in [6.07, 6.45) is -1.85. The highest BCUT2D eigenvalue weighted by molar-refractivity contribution is 6.02. The summed E-state index contributed by atoms with van der Waals surface area (Å²) in [6.45, 7) is 3.91. The molecule has 6 nitrogen and oxygen atoms in total. The van der Waals surface area contributed by atoms with Crippen LogP contribution in [0, 0.1) is 6.92 Å². The summed E-state index contributed by atoms with van der Waals surface area (Å²) in [5.41, 5.74) is -0.798. The number of likely N-dealkylation sites (tertiary alicyclic amines) is 1. The van der Waals surface area contributed by atoms with Crippen molar-refractivity contribution in [2.75, 3.05) is 13.1 Å². The van der Waals surface area contributed by atoms with Gasteiger partial charge in [-0.3, -0.25) is 4.79 Å². The zero-order valence-electron chi connectivity index (χ0n) is 15.8. The van der Waals surface area contributed by atoms with Crippen LogP contribution in [-0.4, -0.2) is 49.6 Å². The largest absolute Gasteiger partial charge is 0.419 e. The first-order valence-electron chi connectivity index (χ1n) is 9.09. The lowest BCUT2D eigenvalue weighted by molar-refractivity contribution is -0.137. The molecule has 1 amide bonds. The number of aliphatic hydroxyl groups is 1. The Bertz CT molecular complexity index is 1100. The van der Waals surface area contributed by atoms with Gasteiger partial charge in [0.2, 0.25) is 0 Å². The van der Waals surface area contributed by atoms with Crippen molar-refractivity contribution in [2.45, 2.75) is 32.0 Å². The first-order chi connectivity index (χ1) is 13.5. The normalized spacial score (nSPS) is 19.9. The van der Waals surface area contributed by atoms with E-state index in [-0.39, 0.29) is 24.0 Å². The summed E-state index contributed by atoms with van der Waals surface area (Å²) in [4.78, 5) is 24.9. The van der Waals surface area contributed by atoms with Gasteiger partial charge in [0.1, 0.15) is 11.4 Å². The number of carbonyl (C=O) groups excluding carboxylic acids is 1. The average molecular weight is 404 g/mol. The van der Waals surface area contributed by atoms with Crippen LogP contribution in [0.3, 0.4) is 0 Å². The summed E-state index contributed by atoms with van der Waals surface area (Å²) < 4.78 is 40.2. The van der Waals surface area contributed by atoms with Crippen LogP contribution in [0.1, 0.15) is 35.1 Å². The standard InChI is InChI=1S/C20H19F3N4O2/c1-11-24-9-15(20(21,22)23)17(26-11)14-8-25-16-7-12(3-4-13(14)16)18(28)27-6-5-19(2,29)10-27/h3-4,7-9,25,29H,5-6,10H2,1-2H3/t19-/m1/s1. The minimum Gasteiger partial charge on any atom is -0.388 e. The lowest BCUT2D eigenvalue weighted by atomic mass is 10.0. The van der Waals surface area contributed by atoms with Gasteiger partial charge in [-0.25, -0.2) is 9.97 Å². The number of benzene rings is 1. The fraction of sp³-hybridized carbons (Fsp3) is 0.350. The van der Waals surface area contributed by atoms with E-state index >= 15 is 0 Å². The van der Waals surface area contributed by atoms with Crippen LogP contribution in [0.15, 0.2) is 30.6 Å². The summed E-state index contributed by atoms with van der Waals surface area (Å²) in [5.74, 6) is 0.00456. The molecule has 1 fully saturated rings. The van der Waals surface area contributed by atoms with Crippen molar-refractivity contribution < 1.29 is 23.1 Å². The zero-order valence-corrected chi connectivity index (χ0v) is 15.8. The molecular formula is C20H19F3N4O2. The Balaban J connectivity index is 1.74. The van der Waals surface area contributed by atoms with Crippen molar-refractivity contribution in [3.63, 3.8) is 0 Å². The molecule has 1 saturated heterocycles. The number of hydrogen-bond acceptors (Lipinski definition) is 4. The number of H-pyrrole nitrogens is 1. The van der Waals surface area contributed by atoms with Gasteiger partial charge in [0, 0.05) is 47.5 Å². The Hall–Kier alpha value is -2.94. The Morgan fingerprint density at radius 3 is 2.76 bits per heavy atom. The number of amides is 1. The number of aromatic amines is 1. The summed E-state index contributed by atoms with van der Waals surface area (Å²) in [6, 6.07) is 4.80. The molecular weight excluding hydrogens is 385 g/mol. The van der Waals surface area contributed by atoms with E-state index < -0.39 is 17.3 Å². The number of fused-ring (bicyclic) bond motifs is 1. The molecule has 29 heavy (non-hydrogen) atoms. The Kier molecular flexibility index (Phi) is 4.38. The Labute approximate surface area is 164 Å². The summed E-state index contributed by atoms with van der Waals surface area (Å²) in [5, 5.41) is 10.6. The van der Waals surface area contributed by atoms with Gasteiger partial charge in [0.15, 0.2) is 0 Å². The van der Waals surface area contributed by atoms with Gasteiger partial charge in [-0.1, -0.05) is 6.07 Å². The van der Waals surface area contributed by atoms with Crippen molar-refractivity contribution in [1.29, 1.82) is 0 Å². The number of nitrogens with one attached hydrogen (secondary N) is 1. The summed E-state index contributed by atoms with van der Waals surface area (Å²) in [7, 11) is 0. The maximum absolute atomic E-state index is 13.4. The van der Waals surface area contributed by atoms with Crippen molar-refractivity contribution in [3.8, 4) is 11.3 Å². The number of rotatable bonds is 2. The highest BCUT2D eigenvalue weighted by Gasteiger charge is 2.36. The molecule has 0 bridgehead atoms. The maximum Gasteiger partial charge on any atom is 0.419 e. The molecule has 152 valence electrons. The fourth-order valence-corrected chi connectivity index (χ4v) is 3.64. The number of aryl methyl sites for hydroxylation is 1. The zero-order chi connectivity index (χ0) is 21.0. The quantitative estimate of drug-likeness (QED) is 0.685. The molecule has 0 radical (unpaired) electrons. The number of hydrogen-bond donors (Lipinski definition) is 2. The van der Waals surface area contributed by atoms with Crippen LogP contribution in [-0.2, 0) is 6.18 Å². The maximum atomic E-state index is 13.4. The third-order valence-corrected chi connectivity index (χ3v) is 5.14. The van der Waals surface area contributed by atoms with Gasteiger partial charge < -0.3 is 15.0 Å². The monoisotopic (exact) mass is 404 g/mol. The van der Waals surface area contributed by atoms with Crippen LogP contribution in [0.25, 0.3) is 22.2 Å². The van der Waals surface area contributed by atoms with Crippen LogP contribution < -0.4 is 0 Å². The van der Waals surface area contributed by atoms with Gasteiger partial charge >= 0.3 is 6.18 Å². The minimum absolute atomic E-state index is 0.203. The number of nitrogens with zero attached hydrogens (tertiary/aromatic N) is 3. The lowest BCUT2D eigenvalue weighted by Gasteiger charge is -2.19. The van der Waals surface area contributed by atoms with E-state index in [1.54, 1.807) is 30.0 Å². The van der Waals surface area contributed by atoms with E-state index in [4.69, 9.17) is 0 Å². The van der Waals surface area contributed by atoms with Crippen molar-refractivity contribution in [2.24, 2.45) is 0 Å². The highest BCUT2D eigenvalue weighted by Crippen LogP contribution is 2.38. The van der Waals surface area contributed by atoms with Crippen molar-refractivity contribution >= 4 is 16.8 Å². The number of alkyl halides is 3. The van der Waals surface area contributed by atoms with Crippen LogP contribution in [0.2, 0.25) is 0 Å². The molecule has 1 aliphatic rings. The molecule has 0 aliphatic carbocycles. The third-order valence-electron chi connectivity index (χ3n) is 5.14. The molecule has 1 aromatic carbocycles. The summed E-state index contributed by atoms with van der Waals surface area (Å²) >= 11 is 0. The average Bonchev–Trinajstić information content (AvgIpc) is 3.22. The van der Waals surface area contributed by atoms with Crippen LogP contribution in [0.4, 0.5) is 13.2 Å². The van der Waals surface area contributed by atoms with Gasteiger partial charge in [-0.2, -0.15) is 13.2 Å². The number of β-amino-alcohol motifs (C(OH)–C–C–N with tert-alkyl or cyclic N) is 1. The van der Waals surface area contributed by atoms with E-state index in [0.29, 0.717) is 35.0 Å². The second-order valence-electron chi connectivity index (χ2n) is 7.61. The number of halogens is 3. The van der Waals surface area contributed by atoms with Gasteiger partial charge in [0.05, 0.1) is 11.3 Å². The van der Waals surface area contributed by atoms with Crippen molar-refractivity contribution in [1.82, 2.24) is 19.9 Å². The molecule has 3 heterocycles. The Morgan fingerprint density at radius 2 is 2.10 bits per heavy atom. The molecule has 0 saturated carbocycles. The minimum atomic E-state index is -4.59. The molecule has 0 spiro atoms. The molecule has 1 aliphatic heterocycles. The van der Waals surface area contributed by atoms with Gasteiger partial charge in [0.25, 0.3) is 5.91 Å². The van der Waals surface area contributed by atoms with E-state index in [2.05, 4.69) is 15.0 Å². The first-order valence-corrected chi connectivity index (χ1v) is 9.09. The Morgan fingerprint density at radius 1 is 1.34 bits per heavy atom. The fourth-order valence-electron chi connectivity index (χ4n) is 3.64. The predicted octanol–water partition coefficient (Wildman–Crippen LogP) is 3.55. The van der Waals surface area contributed by atoms with E-state index in [0.717, 1.165) is 6.20 Å². The van der Waals surface area contributed by atoms with E-state index in [9.17, 15) is 23.1 Å². The van der Waals surface area contributed by atoms with Gasteiger partial charge in [-0.15, -0.1) is 0 Å². The van der Waals surface area contributed by atoms with Gasteiger partial charge in [-0.05, 0) is 32.4 Å². The van der Waals surface area contributed by atoms with E-state index in [1.807, 2.05) is 0 Å². The third kappa shape index (κ3) is 3.57. The van der Waals surface area contributed by atoms with E-state index in [1.165, 1.54) is 13.1 Å². The second-order valence-corrected chi connectivity index (χ2v) is 7.61. The lowest BCUT2D eigenvalue weighted by Crippen LogP contribution is -2.33. The molecule has 1 atom stereocenters. The topological polar surface area (TPSA) is 82.1 Å². The highest BCUT2D eigenvalue weighted by atomic mass is 19.4. The molecule has 3 aromatic rings. The molecule has 9 heteroatoms.